The lowest BCUT2D eigenvalue weighted by molar-refractivity contribution is 0.104. The number of carbonyl (C=O) groups excluding carboxylic acids is 1. The summed E-state index contributed by atoms with van der Waals surface area (Å²) in [5.74, 6) is -2.19. The fraction of sp³-hybridized carbons (Fsp3) is 0.333. The minimum absolute atomic E-state index is 0.0197. The van der Waals surface area contributed by atoms with E-state index in [4.69, 9.17) is 5.73 Å². The van der Waals surface area contributed by atoms with E-state index in [9.17, 15) is 13.6 Å². The Labute approximate surface area is 197 Å². The lowest BCUT2D eigenvalue weighted by Gasteiger charge is -2.34. The number of rotatable bonds is 5. The molecule has 0 aliphatic carbocycles. The molecule has 0 spiro atoms. The first kappa shape index (κ1) is 24.6. The van der Waals surface area contributed by atoms with Crippen molar-refractivity contribution >= 4 is 39.4 Å². The van der Waals surface area contributed by atoms with E-state index < -0.39 is 17.4 Å². The van der Waals surface area contributed by atoms with Crippen molar-refractivity contribution in [2.75, 3.05) is 49.2 Å². The van der Waals surface area contributed by atoms with Crippen LogP contribution in [0.3, 0.4) is 0 Å². The minimum Gasteiger partial charge on any atom is -0.382 e. The molecular formula is C24H29F2N5OS. The van der Waals surface area contributed by atoms with E-state index in [1.54, 1.807) is 0 Å². The highest BCUT2D eigenvalue weighted by atomic mass is 32.1. The molecule has 2 aromatic carbocycles. The molecule has 4 rings (SSSR count). The van der Waals surface area contributed by atoms with Gasteiger partial charge in [0.1, 0.15) is 22.3 Å². The number of piperazine rings is 1. The maximum absolute atomic E-state index is 13.4. The van der Waals surface area contributed by atoms with E-state index in [1.807, 2.05) is 24.3 Å². The average molecular weight is 474 g/mol. The number of nitrogen functional groups attached to an aromatic ring is 1. The minimum atomic E-state index is -0.819. The number of likely N-dealkylation sites (N-methyl/N-ethyl adjacent to an activating group) is 1. The van der Waals surface area contributed by atoms with E-state index in [-0.39, 0.29) is 16.3 Å². The Balaban J connectivity index is 0.000000968. The number of nitrogens with zero attached hydrogens (tertiary/aromatic N) is 3. The predicted octanol–water partition coefficient (Wildman–Crippen LogP) is 5.15. The summed E-state index contributed by atoms with van der Waals surface area (Å²) in [5.41, 5.74) is 7.73. The molecule has 33 heavy (non-hydrogen) atoms. The van der Waals surface area contributed by atoms with Crippen LogP contribution >= 0.6 is 11.3 Å². The summed E-state index contributed by atoms with van der Waals surface area (Å²) in [6.07, 6.45) is 1.25. The molecule has 3 N–H and O–H groups in total. The van der Waals surface area contributed by atoms with Crippen LogP contribution in [0.25, 0.3) is 0 Å². The molecule has 0 amide bonds. The maximum Gasteiger partial charge on any atom is 0.207 e. The Hall–Kier alpha value is -3.04. The highest BCUT2D eigenvalue weighted by Crippen LogP contribution is 2.30. The van der Waals surface area contributed by atoms with Crippen LogP contribution < -0.4 is 16.0 Å². The molecule has 1 saturated heterocycles. The number of nitrogens with one attached hydrogen (secondary N) is 1. The lowest BCUT2D eigenvalue weighted by atomic mass is 10.1. The molecular weight excluding hydrogens is 444 g/mol. The molecule has 1 aromatic heterocycles. The molecule has 0 saturated carbocycles. The van der Waals surface area contributed by atoms with Gasteiger partial charge in [-0.25, -0.2) is 13.8 Å². The topological polar surface area (TPSA) is 74.5 Å². The molecule has 1 aliphatic rings. The Morgan fingerprint density at radius 1 is 1.06 bits per heavy atom. The van der Waals surface area contributed by atoms with Crippen molar-refractivity contribution in [3.63, 3.8) is 0 Å². The van der Waals surface area contributed by atoms with Crippen LogP contribution in [0.4, 0.5) is 31.1 Å². The van der Waals surface area contributed by atoms with E-state index in [1.165, 1.54) is 6.42 Å². The molecule has 3 aromatic rings. The van der Waals surface area contributed by atoms with Gasteiger partial charge >= 0.3 is 0 Å². The van der Waals surface area contributed by atoms with Gasteiger partial charge in [-0.2, -0.15) is 0 Å². The van der Waals surface area contributed by atoms with Crippen molar-refractivity contribution in [2.24, 2.45) is 0 Å². The normalized spacial score (nSPS) is 13.9. The number of thiazole rings is 1. The standard InChI is InChI=1S/C21H21F2N5OS.C3H8/c1-27-6-8-28(9-7-27)17-4-2-16(3-5-17)25-21-26-20(24)19(30-21)18(29)13-10-14(22)12-15(23)11-13;1-3-2/h2-5,10-12H,6-9,24H2,1H3,(H,25,26);3H2,1-2H3. The Kier molecular flexibility index (Phi) is 8.35. The quantitative estimate of drug-likeness (QED) is 0.500. The zero-order chi connectivity index (χ0) is 24.0. The summed E-state index contributed by atoms with van der Waals surface area (Å²) >= 11 is 1.04. The van der Waals surface area contributed by atoms with Gasteiger partial charge in [-0.3, -0.25) is 4.79 Å². The Bertz CT molecular complexity index is 1060. The maximum atomic E-state index is 13.4. The molecule has 176 valence electrons. The molecule has 0 unspecified atom stereocenters. The smallest absolute Gasteiger partial charge is 0.207 e. The molecule has 6 nitrogen and oxygen atoms in total. The van der Waals surface area contributed by atoms with Crippen LogP contribution in [-0.4, -0.2) is 48.9 Å². The summed E-state index contributed by atoms with van der Waals surface area (Å²) in [6.45, 7) is 8.28. The van der Waals surface area contributed by atoms with Gasteiger partial charge in [-0.05, 0) is 43.4 Å². The molecule has 0 atom stereocenters. The SMILES string of the molecule is CCC.CN1CCN(c2ccc(Nc3nc(N)c(C(=O)c4cc(F)cc(F)c4)s3)cc2)CC1. The predicted molar refractivity (Wildman–Crippen MR) is 132 cm³/mol. The van der Waals surface area contributed by atoms with Crippen LogP contribution in [0, 0.1) is 11.6 Å². The van der Waals surface area contributed by atoms with Gasteiger partial charge in [0, 0.05) is 49.2 Å². The van der Waals surface area contributed by atoms with E-state index in [0.717, 1.165) is 61.0 Å². The average Bonchev–Trinajstić information content (AvgIpc) is 3.14. The van der Waals surface area contributed by atoms with Crippen LogP contribution in [0.5, 0.6) is 0 Å². The number of anilines is 4. The Morgan fingerprint density at radius 3 is 2.21 bits per heavy atom. The van der Waals surface area contributed by atoms with Crippen LogP contribution in [0.15, 0.2) is 42.5 Å². The molecule has 0 radical (unpaired) electrons. The lowest BCUT2D eigenvalue weighted by Crippen LogP contribution is -2.44. The molecule has 1 fully saturated rings. The van der Waals surface area contributed by atoms with Gasteiger partial charge in [-0.15, -0.1) is 0 Å². The molecule has 0 bridgehead atoms. The van der Waals surface area contributed by atoms with Crippen molar-refractivity contribution in [1.29, 1.82) is 0 Å². The third-order valence-corrected chi connectivity index (χ3v) is 5.96. The molecule has 2 heterocycles. The first-order chi connectivity index (χ1) is 15.8. The zero-order valence-electron chi connectivity index (χ0n) is 19.1. The first-order valence-electron chi connectivity index (χ1n) is 10.9. The fourth-order valence-corrected chi connectivity index (χ4v) is 4.17. The third-order valence-electron chi connectivity index (χ3n) is 4.97. The zero-order valence-corrected chi connectivity index (χ0v) is 19.9. The summed E-state index contributed by atoms with van der Waals surface area (Å²) < 4.78 is 26.9. The third kappa shape index (κ3) is 6.49. The summed E-state index contributed by atoms with van der Waals surface area (Å²) in [7, 11) is 2.12. The van der Waals surface area contributed by atoms with Crippen LogP contribution in [0.1, 0.15) is 35.5 Å². The van der Waals surface area contributed by atoms with Crippen LogP contribution in [0.2, 0.25) is 0 Å². The summed E-state index contributed by atoms with van der Waals surface area (Å²) in [6, 6.07) is 10.6. The number of hydrogen-bond acceptors (Lipinski definition) is 7. The van der Waals surface area contributed by atoms with E-state index in [2.05, 4.69) is 41.0 Å². The number of benzene rings is 2. The van der Waals surface area contributed by atoms with Crippen molar-refractivity contribution in [2.45, 2.75) is 20.3 Å². The largest absolute Gasteiger partial charge is 0.382 e. The van der Waals surface area contributed by atoms with Gasteiger partial charge in [0.15, 0.2) is 5.13 Å². The van der Waals surface area contributed by atoms with Gasteiger partial charge in [0.2, 0.25) is 5.78 Å². The second-order valence-corrected chi connectivity index (χ2v) is 8.89. The second kappa shape index (κ2) is 11.2. The Morgan fingerprint density at radius 2 is 1.64 bits per heavy atom. The number of ketones is 1. The highest BCUT2D eigenvalue weighted by molar-refractivity contribution is 7.18. The van der Waals surface area contributed by atoms with E-state index in [0.29, 0.717) is 11.2 Å². The summed E-state index contributed by atoms with van der Waals surface area (Å²) in [4.78, 5) is 21.6. The van der Waals surface area contributed by atoms with Gasteiger partial charge < -0.3 is 20.9 Å². The van der Waals surface area contributed by atoms with Crippen molar-refractivity contribution in [3.8, 4) is 0 Å². The number of aromatic nitrogens is 1. The van der Waals surface area contributed by atoms with Crippen molar-refractivity contribution in [3.05, 3.63) is 64.5 Å². The number of carbonyl (C=O) groups is 1. The van der Waals surface area contributed by atoms with Crippen molar-refractivity contribution < 1.29 is 13.6 Å². The summed E-state index contributed by atoms with van der Waals surface area (Å²) in [5, 5.41) is 3.56. The van der Waals surface area contributed by atoms with E-state index >= 15 is 0 Å². The fourth-order valence-electron chi connectivity index (χ4n) is 3.31. The van der Waals surface area contributed by atoms with Crippen molar-refractivity contribution in [1.82, 2.24) is 9.88 Å². The van der Waals surface area contributed by atoms with Gasteiger partial charge in [-0.1, -0.05) is 31.6 Å². The molecule has 1 aliphatic heterocycles. The first-order valence-corrected chi connectivity index (χ1v) is 11.7. The molecule has 9 heteroatoms. The number of nitrogens with two attached hydrogens (primary N) is 1. The number of hydrogen-bond donors (Lipinski definition) is 2. The van der Waals surface area contributed by atoms with Gasteiger partial charge in [0.25, 0.3) is 0 Å². The second-order valence-electron chi connectivity index (χ2n) is 7.89. The van der Waals surface area contributed by atoms with Crippen LogP contribution in [-0.2, 0) is 0 Å². The highest BCUT2D eigenvalue weighted by Gasteiger charge is 2.20. The van der Waals surface area contributed by atoms with Gasteiger partial charge in [0.05, 0.1) is 0 Å². The number of halogens is 2. The monoisotopic (exact) mass is 473 g/mol.